The molecule has 1 heterocycles. The zero-order valence-corrected chi connectivity index (χ0v) is 12.0. The standard InChI is InChI=1S/C18H12O5/c19-14-10-17(23-16-9-5-4-8-13(14)16)18(21)22-11-15(20)12-6-2-1-3-7-12/h1-10H,11H2. The van der Waals surface area contributed by atoms with E-state index in [9.17, 15) is 14.4 Å². The van der Waals surface area contributed by atoms with Crippen molar-refractivity contribution in [1.29, 1.82) is 0 Å². The number of carbonyl (C=O) groups excluding carboxylic acids is 2. The number of hydrogen-bond donors (Lipinski definition) is 0. The van der Waals surface area contributed by atoms with E-state index in [0.717, 1.165) is 6.07 Å². The number of benzene rings is 2. The quantitative estimate of drug-likeness (QED) is 0.547. The minimum Gasteiger partial charge on any atom is -0.451 e. The van der Waals surface area contributed by atoms with E-state index in [1.54, 1.807) is 54.6 Å². The topological polar surface area (TPSA) is 73.6 Å². The van der Waals surface area contributed by atoms with Crippen LogP contribution in [0.3, 0.4) is 0 Å². The number of rotatable bonds is 4. The van der Waals surface area contributed by atoms with Crippen molar-refractivity contribution in [3.63, 3.8) is 0 Å². The van der Waals surface area contributed by atoms with Crippen LogP contribution in [0.5, 0.6) is 0 Å². The smallest absolute Gasteiger partial charge is 0.374 e. The molecule has 0 bridgehead atoms. The minimum absolute atomic E-state index is 0.227. The summed E-state index contributed by atoms with van der Waals surface area (Å²) in [7, 11) is 0. The lowest BCUT2D eigenvalue weighted by molar-refractivity contribution is 0.0444. The summed E-state index contributed by atoms with van der Waals surface area (Å²) in [6.07, 6.45) is 0. The zero-order chi connectivity index (χ0) is 16.2. The van der Waals surface area contributed by atoms with E-state index in [1.165, 1.54) is 0 Å². The first-order chi connectivity index (χ1) is 11.1. The number of hydrogen-bond acceptors (Lipinski definition) is 5. The second-order valence-electron chi connectivity index (χ2n) is 4.84. The summed E-state index contributed by atoms with van der Waals surface area (Å²) in [5, 5.41) is 0.379. The van der Waals surface area contributed by atoms with Gasteiger partial charge in [-0.05, 0) is 12.1 Å². The van der Waals surface area contributed by atoms with Gasteiger partial charge in [0, 0.05) is 11.6 Å². The summed E-state index contributed by atoms with van der Waals surface area (Å²) in [6.45, 7) is -0.417. The summed E-state index contributed by atoms with van der Waals surface area (Å²) in [6, 6.07) is 16.1. The van der Waals surface area contributed by atoms with Crippen LogP contribution in [0.25, 0.3) is 11.0 Å². The summed E-state index contributed by atoms with van der Waals surface area (Å²) in [5.74, 6) is -1.41. The highest BCUT2D eigenvalue weighted by molar-refractivity contribution is 5.99. The SMILES string of the molecule is O=C(COC(=O)c1cc(=O)c2ccccc2o1)c1ccccc1. The van der Waals surface area contributed by atoms with Gasteiger partial charge in [0.2, 0.25) is 5.76 Å². The summed E-state index contributed by atoms with van der Waals surface area (Å²) >= 11 is 0. The number of ketones is 1. The second-order valence-corrected chi connectivity index (χ2v) is 4.84. The van der Waals surface area contributed by atoms with Gasteiger partial charge in [-0.3, -0.25) is 9.59 Å². The molecule has 0 fully saturated rings. The molecule has 0 saturated carbocycles. The lowest BCUT2D eigenvalue weighted by Gasteiger charge is -2.04. The van der Waals surface area contributed by atoms with Crippen LogP contribution < -0.4 is 5.43 Å². The molecule has 3 rings (SSSR count). The maximum atomic E-state index is 12.0. The fraction of sp³-hybridized carbons (Fsp3) is 0.0556. The number of Topliss-reactive ketones (excluding diaryl/α,β-unsaturated/α-hetero) is 1. The molecule has 0 amide bonds. The average molecular weight is 308 g/mol. The molecule has 0 saturated heterocycles. The minimum atomic E-state index is -0.850. The third-order valence-electron chi connectivity index (χ3n) is 3.27. The molecular formula is C18H12O5. The molecule has 5 nitrogen and oxygen atoms in total. The molecule has 0 radical (unpaired) electrons. The Hall–Kier alpha value is -3.21. The number of fused-ring (bicyclic) bond motifs is 1. The first-order valence-electron chi connectivity index (χ1n) is 6.93. The molecule has 0 N–H and O–H groups in total. The summed E-state index contributed by atoms with van der Waals surface area (Å²) in [5.41, 5.74) is 0.398. The molecule has 0 atom stereocenters. The van der Waals surface area contributed by atoms with Crippen LogP contribution in [0.15, 0.2) is 69.9 Å². The van der Waals surface area contributed by atoms with Crippen LogP contribution in [-0.4, -0.2) is 18.4 Å². The van der Waals surface area contributed by atoms with Crippen molar-refractivity contribution >= 4 is 22.7 Å². The van der Waals surface area contributed by atoms with Gasteiger partial charge in [-0.25, -0.2) is 4.79 Å². The Labute approximate surface area is 131 Å². The molecule has 0 aliphatic rings. The number of para-hydroxylation sites is 1. The van der Waals surface area contributed by atoms with Crippen LogP contribution in [0.4, 0.5) is 0 Å². The second kappa shape index (κ2) is 6.27. The third-order valence-corrected chi connectivity index (χ3v) is 3.27. The third kappa shape index (κ3) is 3.18. The van der Waals surface area contributed by atoms with Gasteiger partial charge in [0.15, 0.2) is 17.8 Å². The van der Waals surface area contributed by atoms with Crippen LogP contribution in [0, 0.1) is 0 Å². The van der Waals surface area contributed by atoms with Gasteiger partial charge in [0.25, 0.3) is 0 Å². The Kier molecular flexibility index (Phi) is 4.01. The van der Waals surface area contributed by atoms with E-state index in [4.69, 9.17) is 9.15 Å². The van der Waals surface area contributed by atoms with Crippen molar-refractivity contribution in [2.45, 2.75) is 0 Å². The molecule has 1 aromatic heterocycles. The van der Waals surface area contributed by atoms with Crippen LogP contribution in [0.1, 0.15) is 20.9 Å². The van der Waals surface area contributed by atoms with E-state index in [0.29, 0.717) is 16.5 Å². The van der Waals surface area contributed by atoms with Crippen LogP contribution in [-0.2, 0) is 4.74 Å². The molecule has 2 aromatic carbocycles. The highest BCUT2D eigenvalue weighted by atomic mass is 16.5. The molecule has 0 unspecified atom stereocenters. The van der Waals surface area contributed by atoms with Gasteiger partial charge >= 0.3 is 5.97 Å². The number of ether oxygens (including phenoxy) is 1. The van der Waals surface area contributed by atoms with Crippen molar-refractivity contribution < 1.29 is 18.7 Å². The highest BCUT2D eigenvalue weighted by Crippen LogP contribution is 2.12. The molecule has 5 heteroatoms. The lowest BCUT2D eigenvalue weighted by atomic mass is 10.1. The van der Waals surface area contributed by atoms with E-state index in [2.05, 4.69) is 0 Å². The number of carbonyl (C=O) groups is 2. The predicted molar refractivity (Wildman–Crippen MR) is 83.5 cm³/mol. The Morgan fingerprint density at radius 3 is 2.43 bits per heavy atom. The van der Waals surface area contributed by atoms with Gasteiger partial charge in [0.05, 0.1) is 5.39 Å². The summed E-state index contributed by atoms with van der Waals surface area (Å²) < 4.78 is 10.3. The molecule has 114 valence electrons. The highest BCUT2D eigenvalue weighted by Gasteiger charge is 2.15. The van der Waals surface area contributed by atoms with E-state index in [-0.39, 0.29) is 17.0 Å². The fourth-order valence-electron chi connectivity index (χ4n) is 2.11. The van der Waals surface area contributed by atoms with Gasteiger partial charge in [-0.1, -0.05) is 42.5 Å². The average Bonchev–Trinajstić information content (AvgIpc) is 2.60. The van der Waals surface area contributed by atoms with Gasteiger partial charge in [0.1, 0.15) is 5.58 Å². The normalized spacial score (nSPS) is 10.4. The van der Waals surface area contributed by atoms with E-state index in [1.807, 2.05) is 0 Å². The van der Waals surface area contributed by atoms with E-state index >= 15 is 0 Å². The molecular weight excluding hydrogens is 296 g/mol. The molecule has 0 spiro atoms. The van der Waals surface area contributed by atoms with Crippen LogP contribution >= 0.6 is 0 Å². The molecule has 0 aliphatic carbocycles. The number of esters is 1. The lowest BCUT2D eigenvalue weighted by Crippen LogP contribution is -2.15. The Morgan fingerprint density at radius 1 is 0.957 bits per heavy atom. The first kappa shape index (κ1) is 14.7. The van der Waals surface area contributed by atoms with Gasteiger partial charge in [-0.2, -0.15) is 0 Å². The fourth-order valence-corrected chi connectivity index (χ4v) is 2.11. The van der Waals surface area contributed by atoms with Crippen molar-refractivity contribution in [2.24, 2.45) is 0 Å². The van der Waals surface area contributed by atoms with Gasteiger partial charge < -0.3 is 9.15 Å². The maximum absolute atomic E-state index is 12.0. The van der Waals surface area contributed by atoms with Crippen LogP contribution in [0.2, 0.25) is 0 Å². The van der Waals surface area contributed by atoms with Crippen molar-refractivity contribution in [3.05, 3.63) is 82.2 Å². The largest absolute Gasteiger partial charge is 0.451 e. The monoisotopic (exact) mass is 308 g/mol. The zero-order valence-electron chi connectivity index (χ0n) is 12.0. The summed E-state index contributed by atoms with van der Waals surface area (Å²) in [4.78, 5) is 35.8. The molecule has 3 aromatic rings. The predicted octanol–water partition coefficient (Wildman–Crippen LogP) is 2.83. The Balaban J connectivity index is 1.76. The maximum Gasteiger partial charge on any atom is 0.374 e. The molecule has 23 heavy (non-hydrogen) atoms. The molecule has 0 aliphatic heterocycles. The van der Waals surface area contributed by atoms with Crippen molar-refractivity contribution in [3.8, 4) is 0 Å². The Bertz CT molecular complexity index is 925. The van der Waals surface area contributed by atoms with Crippen molar-refractivity contribution in [1.82, 2.24) is 0 Å². The first-order valence-corrected chi connectivity index (χ1v) is 6.93. The van der Waals surface area contributed by atoms with Crippen molar-refractivity contribution in [2.75, 3.05) is 6.61 Å². The Morgan fingerprint density at radius 2 is 1.65 bits per heavy atom. The van der Waals surface area contributed by atoms with Gasteiger partial charge in [-0.15, -0.1) is 0 Å². The van der Waals surface area contributed by atoms with E-state index < -0.39 is 12.6 Å².